The summed E-state index contributed by atoms with van der Waals surface area (Å²) in [6, 6.07) is 0. The van der Waals surface area contributed by atoms with Crippen LogP contribution in [-0.4, -0.2) is 24.9 Å². The zero-order valence-corrected chi connectivity index (χ0v) is 13.1. The highest BCUT2D eigenvalue weighted by Crippen LogP contribution is 2.09. The lowest BCUT2D eigenvalue weighted by atomic mass is 10.2. The molecule has 0 atom stereocenters. The van der Waals surface area contributed by atoms with Crippen molar-refractivity contribution in [3.05, 3.63) is 27.2 Å². The fourth-order valence-corrected chi connectivity index (χ4v) is 2.47. The molecule has 2 heterocycles. The van der Waals surface area contributed by atoms with E-state index in [-0.39, 0.29) is 5.78 Å². The van der Waals surface area contributed by atoms with E-state index >= 15 is 0 Å². The molecule has 0 saturated heterocycles. The van der Waals surface area contributed by atoms with E-state index in [1.54, 1.807) is 17.8 Å². The quantitative estimate of drug-likeness (QED) is 0.747. The van der Waals surface area contributed by atoms with Crippen LogP contribution in [0.4, 0.5) is 0 Å². The van der Waals surface area contributed by atoms with Gasteiger partial charge >= 0.3 is 5.69 Å². The van der Waals surface area contributed by atoms with E-state index in [1.807, 2.05) is 6.92 Å². The highest BCUT2D eigenvalue weighted by molar-refractivity contribution is 5.75. The van der Waals surface area contributed by atoms with E-state index in [9.17, 15) is 14.4 Å². The average Bonchev–Trinajstić information content (AvgIpc) is 2.87. The summed E-state index contributed by atoms with van der Waals surface area (Å²) in [6.07, 6.45) is 5.52. The Morgan fingerprint density at radius 3 is 2.68 bits per heavy atom. The normalized spacial score (nSPS) is 11.2. The number of carbonyl (C=O) groups is 1. The maximum absolute atomic E-state index is 12.1. The molecule has 22 heavy (non-hydrogen) atoms. The first-order chi connectivity index (χ1) is 10.5. The van der Waals surface area contributed by atoms with Gasteiger partial charge in [-0.3, -0.25) is 14.3 Å². The summed E-state index contributed by atoms with van der Waals surface area (Å²) in [6.45, 7) is 4.77. The molecule has 0 unspecified atom stereocenters. The van der Waals surface area contributed by atoms with Gasteiger partial charge in [-0.25, -0.2) is 9.78 Å². The number of nitrogens with one attached hydrogen (secondary N) is 1. The van der Waals surface area contributed by atoms with Gasteiger partial charge in [0.25, 0.3) is 5.56 Å². The Kier molecular flexibility index (Phi) is 5.30. The average molecular weight is 306 g/mol. The van der Waals surface area contributed by atoms with E-state index in [1.165, 1.54) is 4.57 Å². The number of rotatable bonds is 8. The van der Waals surface area contributed by atoms with Crippen LogP contribution in [-0.2, 0) is 17.9 Å². The van der Waals surface area contributed by atoms with Crippen LogP contribution in [0.3, 0.4) is 0 Å². The smallest absolute Gasteiger partial charge is 0.325 e. The lowest BCUT2D eigenvalue weighted by molar-refractivity contribution is -0.117. The number of hydrogen-bond donors (Lipinski definition) is 1. The number of aromatic nitrogens is 4. The molecule has 0 radical (unpaired) electrons. The van der Waals surface area contributed by atoms with Gasteiger partial charge in [-0.15, -0.1) is 0 Å². The second-order valence-corrected chi connectivity index (χ2v) is 5.53. The van der Waals surface area contributed by atoms with Gasteiger partial charge in [0.15, 0.2) is 11.2 Å². The number of nitrogens with zero attached hydrogens (tertiary/aromatic N) is 3. The fourth-order valence-electron chi connectivity index (χ4n) is 2.47. The first-order valence-corrected chi connectivity index (χ1v) is 7.72. The van der Waals surface area contributed by atoms with Crippen LogP contribution in [0.25, 0.3) is 11.2 Å². The molecule has 120 valence electrons. The van der Waals surface area contributed by atoms with Crippen molar-refractivity contribution in [1.29, 1.82) is 0 Å². The zero-order chi connectivity index (χ0) is 16.1. The molecule has 0 bridgehead atoms. The van der Waals surface area contributed by atoms with Crippen LogP contribution in [0.5, 0.6) is 0 Å². The zero-order valence-electron chi connectivity index (χ0n) is 13.1. The number of hydrogen-bond acceptors (Lipinski definition) is 4. The topological polar surface area (TPSA) is 89.8 Å². The van der Waals surface area contributed by atoms with Crippen LogP contribution >= 0.6 is 0 Å². The summed E-state index contributed by atoms with van der Waals surface area (Å²) in [5.74, 6) is 0.168. The minimum atomic E-state index is -0.409. The number of aromatic amines is 1. The summed E-state index contributed by atoms with van der Waals surface area (Å²) in [7, 11) is 0. The Morgan fingerprint density at radius 1 is 1.23 bits per heavy atom. The van der Waals surface area contributed by atoms with Gasteiger partial charge in [0.1, 0.15) is 5.78 Å². The molecule has 0 amide bonds. The molecule has 2 rings (SSSR count). The second-order valence-electron chi connectivity index (χ2n) is 5.53. The van der Waals surface area contributed by atoms with Crippen molar-refractivity contribution >= 4 is 16.9 Å². The van der Waals surface area contributed by atoms with E-state index in [2.05, 4.69) is 9.97 Å². The number of fused-ring (bicyclic) bond motifs is 1. The third kappa shape index (κ3) is 3.52. The van der Waals surface area contributed by atoms with E-state index < -0.39 is 11.2 Å². The van der Waals surface area contributed by atoms with Gasteiger partial charge in [0.2, 0.25) is 0 Å². The number of unbranched alkanes of at least 4 members (excludes halogenated alkanes) is 2. The summed E-state index contributed by atoms with van der Waals surface area (Å²) < 4.78 is 3.28. The third-order valence-electron chi connectivity index (χ3n) is 3.67. The molecule has 0 spiro atoms. The third-order valence-corrected chi connectivity index (χ3v) is 3.67. The SMILES string of the molecule is CCCCn1c(=O)[nH]c(=O)c2c1ncn2CCCCC(C)=O. The Balaban J connectivity index is 2.28. The standard InChI is InChI=1S/C15H22N4O3/c1-3-4-9-19-13-12(14(21)17-15(19)22)18(10-16-13)8-6-5-7-11(2)20/h10H,3-9H2,1-2H3,(H,17,21,22). The van der Waals surface area contributed by atoms with Crippen LogP contribution in [0.15, 0.2) is 15.9 Å². The molecular formula is C15H22N4O3. The lowest BCUT2D eigenvalue weighted by Gasteiger charge is -2.06. The predicted molar refractivity (Wildman–Crippen MR) is 84.1 cm³/mol. The molecule has 0 aromatic carbocycles. The highest BCUT2D eigenvalue weighted by Gasteiger charge is 2.13. The minimum absolute atomic E-state index is 0.168. The van der Waals surface area contributed by atoms with Gasteiger partial charge < -0.3 is 9.36 Å². The van der Waals surface area contributed by atoms with Crippen LogP contribution in [0.1, 0.15) is 46.0 Å². The van der Waals surface area contributed by atoms with Gasteiger partial charge in [0.05, 0.1) is 6.33 Å². The minimum Gasteiger partial charge on any atom is -0.325 e. The van der Waals surface area contributed by atoms with Gasteiger partial charge in [0, 0.05) is 19.5 Å². The molecule has 0 aliphatic heterocycles. The van der Waals surface area contributed by atoms with Crippen molar-refractivity contribution in [2.75, 3.05) is 0 Å². The molecule has 0 saturated carbocycles. The van der Waals surface area contributed by atoms with E-state index in [0.29, 0.717) is 30.7 Å². The molecule has 7 nitrogen and oxygen atoms in total. The molecule has 2 aromatic heterocycles. The van der Waals surface area contributed by atoms with Gasteiger partial charge in [-0.2, -0.15) is 0 Å². The molecule has 0 aliphatic carbocycles. The first kappa shape index (κ1) is 16.2. The van der Waals surface area contributed by atoms with E-state index in [4.69, 9.17) is 0 Å². The van der Waals surface area contributed by atoms with Crippen molar-refractivity contribution in [2.45, 2.75) is 59.0 Å². The van der Waals surface area contributed by atoms with Gasteiger partial charge in [-0.05, 0) is 26.2 Å². The summed E-state index contributed by atoms with van der Waals surface area (Å²) in [5, 5.41) is 0. The first-order valence-electron chi connectivity index (χ1n) is 7.72. The maximum atomic E-state index is 12.1. The number of H-pyrrole nitrogens is 1. The van der Waals surface area contributed by atoms with Gasteiger partial charge in [-0.1, -0.05) is 13.3 Å². The Labute approximate surface area is 128 Å². The van der Waals surface area contributed by atoms with Crippen molar-refractivity contribution in [2.24, 2.45) is 0 Å². The number of aryl methyl sites for hydroxylation is 2. The maximum Gasteiger partial charge on any atom is 0.330 e. The summed E-state index contributed by atoms with van der Waals surface area (Å²) in [4.78, 5) is 41.5. The molecule has 0 aliphatic rings. The van der Waals surface area contributed by atoms with Crippen molar-refractivity contribution in [3.63, 3.8) is 0 Å². The van der Waals surface area contributed by atoms with Crippen molar-refractivity contribution in [3.8, 4) is 0 Å². The predicted octanol–water partition coefficient (Wildman–Crippen LogP) is 1.45. The summed E-state index contributed by atoms with van der Waals surface area (Å²) in [5.41, 5.74) is 0.0527. The lowest BCUT2D eigenvalue weighted by Crippen LogP contribution is -2.31. The van der Waals surface area contributed by atoms with E-state index in [0.717, 1.165) is 25.7 Å². The number of imidazole rings is 1. The molecule has 2 aromatic rings. The van der Waals surface area contributed by atoms with Crippen LogP contribution < -0.4 is 11.2 Å². The Morgan fingerprint density at radius 2 is 2.00 bits per heavy atom. The largest absolute Gasteiger partial charge is 0.330 e. The number of carbonyl (C=O) groups excluding carboxylic acids is 1. The Hall–Kier alpha value is -2.18. The highest BCUT2D eigenvalue weighted by atomic mass is 16.2. The fraction of sp³-hybridized carbons (Fsp3) is 0.600. The molecule has 1 N–H and O–H groups in total. The molecule has 7 heteroatoms. The second kappa shape index (κ2) is 7.20. The molecule has 0 fully saturated rings. The Bertz CT molecular complexity index is 769. The number of ketones is 1. The van der Waals surface area contributed by atoms with Crippen LogP contribution in [0.2, 0.25) is 0 Å². The number of Topliss-reactive ketones (excluding diaryl/α,β-unsaturated/α-hetero) is 1. The monoisotopic (exact) mass is 306 g/mol. The van der Waals surface area contributed by atoms with Crippen molar-refractivity contribution < 1.29 is 4.79 Å². The van der Waals surface area contributed by atoms with Crippen molar-refractivity contribution in [1.82, 2.24) is 19.1 Å². The molecular weight excluding hydrogens is 284 g/mol. The van der Waals surface area contributed by atoms with Crippen LogP contribution in [0, 0.1) is 0 Å². The summed E-state index contributed by atoms with van der Waals surface area (Å²) >= 11 is 0.